The van der Waals surface area contributed by atoms with Crippen LogP contribution in [0, 0.1) is 0 Å². The summed E-state index contributed by atoms with van der Waals surface area (Å²) in [6.07, 6.45) is 7.83. The van der Waals surface area contributed by atoms with E-state index in [2.05, 4.69) is 12.2 Å². The number of carbonyl (C=O) groups excluding carboxylic acids is 1. The van der Waals surface area contributed by atoms with Crippen molar-refractivity contribution in [3.63, 3.8) is 0 Å². The SMILES string of the molecule is CCCOc1cccc(NC(=O)OC2CCCCC2[NH+]2CCCC2)c1.[Cl-]. The molecule has 2 N–H and O–H groups in total. The molecule has 1 aromatic carbocycles. The van der Waals surface area contributed by atoms with Gasteiger partial charge in [-0.15, -0.1) is 0 Å². The van der Waals surface area contributed by atoms with Crippen LogP contribution >= 0.6 is 0 Å². The normalized spacial score (nSPS) is 23.1. The molecule has 1 aliphatic heterocycles. The number of amides is 1. The molecule has 1 heterocycles. The van der Waals surface area contributed by atoms with Crippen molar-refractivity contribution in [2.24, 2.45) is 0 Å². The summed E-state index contributed by atoms with van der Waals surface area (Å²) < 4.78 is 11.4. The molecule has 2 fully saturated rings. The van der Waals surface area contributed by atoms with Crippen LogP contribution in [0.5, 0.6) is 5.75 Å². The first-order chi connectivity index (χ1) is 12.3. The summed E-state index contributed by atoms with van der Waals surface area (Å²) in [6.45, 7) is 5.20. The van der Waals surface area contributed by atoms with Crippen LogP contribution in [-0.4, -0.2) is 37.9 Å². The molecular formula is C20H31ClN2O3. The number of hydrogen-bond acceptors (Lipinski definition) is 3. The number of anilines is 1. The summed E-state index contributed by atoms with van der Waals surface area (Å²) in [6, 6.07) is 7.98. The highest BCUT2D eigenvalue weighted by Crippen LogP contribution is 2.22. The predicted molar refractivity (Wildman–Crippen MR) is 98.3 cm³/mol. The second-order valence-electron chi connectivity index (χ2n) is 7.20. The van der Waals surface area contributed by atoms with Crippen LogP contribution in [0.15, 0.2) is 24.3 Å². The van der Waals surface area contributed by atoms with Gasteiger partial charge in [-0.05, 0) is 37.8 Å². The first-order valence-corrected chi connectivity index (χ1v) is 9.81. The molecule has 1 aromatic rings. The Hall–Kier alpha value is -1.46. The number of carbonyl (C=O) groups is 1. The minimum Gasteiger partial charge on any atom is -1.00 e. The largest absolute Gasteiger partial charge is 1.00 e. The van der Waals surface area contributed by atoms with Gasteiger partial charge in [0.25, 0.3) is 0 Å². The number of rotatable bonds is 6. The van der Waals surface area contributed by atoms with Crippen molar-refractivity contribution in [2.45, 2.75) is 64.0 Å². The van der Waals surface area contributed by atoms with Crippen LogP contribution < -0.4 is 27.4 Å². The minimum atomic E-state index is -0.344. The average Bonchev–Trinajstić information content (AvgIpc) is 3.15. The molecule has 2 aliphatic rings. The number of hydrogen-bond donors (Lipinski definition) is 2. The Bertz CT molecular complexity index is 564. The molecule has 1 amide bonds. The van der Waals surface area contributed by atoms with Gasteiger partial charge in [-0.2, -0.15) is 0 Å². The maximum Gasteiger partial charge on any atom is 0.412 e. The lowest BCUT2D eigenvalue weighted by atomic mass is 9.91. The fraction of sp³-hybridized carbons (Fsp3) is 0.650. The number of halogens is 1. The van der Waals surface area contributed by atoms with Crippen LogP contribution in [0.25, 0.3) is 0 Å². The van der Waals surface area contributed by atoms with E-state index in [0.717, 1.165) is 30.7 Å². The van der Waals surface area contributed by atoms with Crippen LogP contribution in [0.1, 0.15) is 51.9 Å². The molecule has 6 heteroatoms. The molecule has 2 atom stereocenters. The Morgan fingerprint density at radius 1 is 1.19 bits per heavy atom. The van der Waals surface area contributed by atoms with Gasteiger partial charge in [0.05, 0.1) is 19.7 Å². The van der Waals surface area contributed by atoms with Crippen LogP contribution in [0.3, 0.4) is 0 Å². The first kappa shape index (κ1) is 20.8. The van der Waals surface area contributed by atoms with E-state index in [1.807, 2.05) is 24.3 Å². The summed E-state index contributed by atoms with van der Waals surface area (Å²) in [4.78, 5) is 14.0. The van der Waals surface area contributed by atoms with Crippen molar-refractivity contribution >= 4 is 11.8 Å². The minimum absolute atomic E-state index is 0. The van der Waals surface area contributed by atoms with Crippen molar-refractivity contribution in [1.29, 1.82) is 0 Å². The molecule has 5 nitrogen and oxygen atoms in total. The first-order valence-electron chi connectivity index (χ1n) is 9.81. The second kappa shape index (κ2) is 10.6. The molecular weight excluding hydrogens is 352 g/mol. The third-order valence-corrected chi connectivity index (χ3v) is 5.28. The van der Waals surface area contributed by atoms with Crippen molar-refractivity contribution in [3.05, 3.63) is 24.3 Å². The van der Waals surface area contributed by atoms with Crippen molar-refractivity contribution in [3.8, 4) is 5.75 Å². The third kappa shape index (κ3) is 5.78. The average molecular weight is 383 g/mol. The Labute approximate surface area is 162 Å². The van der Waals surface area contributed by atoms with E-state index in [9.17, 15) is 4.79 Å². The summed E-state index contributed by atoms with van der Waals surface area (Å²) in [5, 5.41) is 2.87. The summed E-state index contributed by atoms with van der Waals surface area (Å²) in [5.74, 6) is 0.775. The molecule has 0 spiro atoms. The van der Waals surface area contributed by atoms with E-state index < -0.39 is 0 Å². The number of ether oxygens (including phenoxy) is 2. The monoisotopic (exact) mass is 382 g/mol. The topological polar surface area (TPSA) is 52.0 Å². The second-order valence-corrected chi connectivity index (χ2v) is 7.20. The zero-order valence-electron chi connectivity index (χ0n) is 15.6. The van der Waals surface area contributed by atoms with Gasteiger partial charge < -0.3 is 26.8 Å². The third-order valence-electron chi connectivity index (χ3n) is 5.28. The Morgan fingerprint density at radius 3 is 2.73 bits per heavy atom. The van der Waals surface area contributed by atoms with Crippen molar-refractivity contribution in [1.82, 2.24) is 0 Å². The van der Waals surface area contributed by atoms with Gasteiger partial charge in [-0.3, -0.25) is 5.32 Å². The fourth-order valence-corrected chi connectivity index (χ4v) is 4.07. The quantitative estimate of drug-likeness (QED) is 0.729. The lowest BCUT2D eigenvalue weighted by Gasteiger charge is -2.34. The van der Waals surface area contributed by atoms with E-state index in [-0.39, 0.29) is 24.6 Å². The highest BCUT2D eigenvalue weighted by molar-refractivity contribution is 5.85. The smallest absolute Gasteiger partial charge is 0.412 e. The lowest BCUT2D eigenvalue weighted by Crippen LogP contribution is -3.15. The standard InChI is InChI=1S/C20H30N2O3.ClH/c1-2-14-24-17-9-7-8-16(15-17)21-20(23)25-19-11-4-3-10-18(19)22-12-5-6-13-22;/h7-9,15,18-19H,2-6,10-14H2,1H3,(H,21,23);1H. The van der Waals surface area contributed by atoms with E-state index in [0.29, 0.717) is 12.6 Å². The van der Waals surface area contributed by atoms with Crippen LogP contribution in [0.4, 0.5) is 10.5 Å². The zero-order valence-corrected chi connectivity index (χ0v) is 16.4. The van der Waals surface area contributed by atoms with Gasteiger partial charge in [-0.1, -0.05) is 13.0 Å². The van der Waals surface area contributed by atoms with E-state index in [1.54, 1.807) is 4.90 Å². The van der Waals surface area contributed by atoms with E-state index in [1.165, 1.54) is 38.8 Å². The molecule has 146 valence electrons. The maximum atomic E-state index is 12.4. The molecule has 0 aromatic heterocycles. The van der Waals surface area contributed by atoms with Gasteiger partial charge in [0.15, 0.2) is 6.10 Å². The Morgan fingerprint density at radius 2 is 1.96 bits per heavy atom. The number of likely N-dealkylation sites (tertiary alicyclic amines) is 1. The molecule has 26 heavy (non-hydrogen) atoms. The highest BCUT2D eigenvalue weighted by atomic mass is 35.5. The zero-order chi connectivity index (χ0) is 17.5. The fourth-order valence-electron chi connectivity index (χ4n) is 4.07. The van der Waals surface area contributed by atoms with Gasteiger partial charge in [-0.25, -0.2) is 4.79 Å². The van der Waals surface area contributed by atoms with Crippen LogP contribution in [-0.2, 0) is 4.74 Å². The molecule has 3 rings (SSSR count). The summed E-state index contributed by atoms with van der Waals surface area (Å²) >= 11 is 0. The maximum absolute atomic E-state index is 12.4. The van der Waals surface area contributed by atoms with E-state index in [4.69, 9.17) is 9.47 Å². The van der Waals surface area contributed by atoms with Crippen LogP contribution in [0.2, 0.25) is 0 Å². The molecule has 1 saturated carbocycles. The predicted octanol–water partition coefficient (Wildman–Crippen LogP) is 0.0178. The molecule has 0 radical (unpaired) electrons. The molecule has 0 bridgehead atoms. The number of quaternary nitrogens is 1. The Kier molecular flexibility index (Phi) is 8.52. The van der Waals surface area contributed by atoms with Gasteiger partial charge >= 0.3 is 6.09 Å². The molecule has 1 aliphatic carbocycles. The number of nitrogens with one attached hydrogen (secondary N) is 2. The van der Waals surface area contributed by atoms with Gasteiger partial charge in [0.2, 0.25) is 0 Å². The van der Waals surface area contributed by atoms with E-state index >= 15 is 0 Å². The summed E-state index contributed by atoms with van der Waals surface area (Å²) in [7, 11) is 0. The van der Waals surface area contributed by atoms with Gasteiger partial charge in [0, 0.05) is 31.0 Å². The molecule has 1 saturated heterocycles. The highest BCUT2D eigenvalue weighted by Gasteiger charge is 2.37. The van der Waals surface area contributed by atoms with Crippen molar-refractivity contribution < 1.29 is 31.6 Å². The lowest BCUT2D eigenvalue weighted by molar-refractivity contribution is -0.918. The van der Waals surface area contributed by atoms with Crippen molar-refractivity contribution in [2.75, 3.05) is 25.0 Å². The summed E-state index contributed by atoms with van der Waals surface area (Å²) in [5.41, 5.74) is 0.722. The Balaban J connectivity index is 0.00000243. The molecule has 2 unspecified atom stereocenters. The van der Waals surface area contributed by atoms with Gasteiger partial charge in [0.1, 0.15) is 11.8 Å². The number of benzene rings is 1.